The molecule has 2 aliphatic rings. The van der Waals surface area contributed by atoms with Crippen LogP contribution in [0.2, 0.25) is 0 Å². The van der Waals surface area contributed by atoms with Gasteiger partial charge in [-0.05, 0) is 48.9 Å². The van der Waals surface area contributed by atoms with Crippen molar-refractivity contribution in [2.75, 3.05) is 13.1 Å². The Morgan fingerprint density at radius 1 is 0.720 bits per heavy atom. The van der Waals surface area contributed by atoms with Crippen molar-refractivity contribution in [1.82, 2.24) is 30.2 Å². The third-order valence-corrected chi connectivity index (χ3v) is 11.3. The molecule has 0 unspecified atom stereocenters. The molecule has 2 fully saturated rings. The average molecular weight is 697 g/mol. The quantitative estimate of drug-likeness (QED) is 0.185. The van der Waals surface area contributed by atoms with E-state index in [1.165, 1.54) is 28.1 Å². The summed E-state index contributed by atoms with van der Waals surface area (Å²) in [6, 6.07) is 30.7. The molecule has 50 heavy (non-hydrogen) atoms. The molecule has 0 radical (unpaired) electrons. The highest BCUT2D eigenvalue weighted by Crippen LogP contribution is 2.39. The Labute approximate surface area is 298 Å². The third kappa shape index (κ3) is 6.87. The highest BCUT2D eigenvalue weighted by Gasteiger charge is 2.33. The first-order valence-corrected chi connectivity index (χ1v) is 18.6. The number of carbonyl (C=O) groups is 1. The fourth-order valence-electron chi connectivity index (χ4n) is 6.63. The lowest BCUT2D eigenvalue weighted by atomic mass is 10.1. The van der Waals surface area contributed by atoms with Gasteiger partial charge in [0, 0.05) is 42.5 Å². The van der Waals surface area contributed by atoms with Gasteiger partial charge in [0.25, 0.3) is 0 Å². The Hall–Kier alpha value is -5.03. The zero-order valence-electron chi connectivity index (χ0n) is 27.4. The van der Waals surface area contributed by atoms with Gasteiger partial charge < -0.3 is 10.1 Å². The first kappa shape index (κ1) is 32.2. The van der Waals surface area contributed by atoms with Gasteiger partial charge in [0.05, 0.1) is 32.5 Å². The van der Waals surface area contributed by atoms with Crippen molar-refractivity contribution in [2.45, 2.75) is 44.4 Å². The fraction of sp³-hybridized carbons (Fsp3) is 0.225. The van der Waals surface area contributed by atoms with Gasteiger partial charge in [-0.2, -0.15) is 0 Å². The highest BCUT2D eigenvalue weighted by atomic mass is 32.1. The average Bonchev–Trinajstić information content (AvgIpc) is 4.01. The van der Waals surface area contributed by atoms with Crippen molar-refractivity contribution in [2.24, 2.45) is 0 Å². The van der Waals surface area contributed by atoms with Crippen LogP contribution in [0.1, 0.15) is 53.3 Å². The van der Waals surface area contributed by atoms with Gasteiger partial charge in [-0.3, -0.25) is 14.9 Å². The summed E-state index contributed by atoms with van der Waals surface area (Å²) in [7, 11) is 0. The number of nitrogens with zero attached hydrogens (tertiary/aromatic N) is 5. The minimum atomic E-state index is -0.276. The lowest BCUT2D eigenvalue weighted by molar-refractivity contribution is 0.0920. The molecule has 0 bridgehead atoms. The summed E-state index contributed by atoms with van der Waals surface area (Å²) in [6.07, 6.45) is 11.6. The molecule has 8 nitrogen and oxygen atoms in total. The van der Waals surface area contributed by atoms with E-state index in [0.29, 0.717) is 12.6 Å². The maximum atomic E-state index is 12.8. The number of pyridine rings is 2. The maximum absolute atomic E-state index is 12.8. The fourth-order valence-corrected chi connectivity index (χ4v) is 8.81. The number of benzene rings is 3. The first-order chi connectivity index (χ1) is 24.7. The van der Waals surface area contributed by atoms with Crippen LogP contribution in [0, 0.1) is 0 Å². The van der Waals surface area contributed by atoms with Crippen LogP contribution >= 0.6 is 22.7 Å². The summed E-state index contributed by atoms with van der Waals surface area (Å²) in [4.78, 5) is 33.2. The van der Waals surface area contributed by atoms with Crippen molar-refractivity contribution in [1.29, 1.82) is 0 Å². The maximum Gasteiger partial charge on any atom is 0.410 e. The Morgan fingerprint density at radius 2 is 1.30 bits per heavy atom. The molecular weight excluding hydrogens is 661 g/mol. The Morgan fingerprint density at radius 3 is 1.90 bits per heavy atom. The largest absolute Gasteiger partial charge is 0.445 e. The molecule has 2 saturated heterocycles. The normalized spacial score (nSPS) is 17.2. The number of carbonyl (C=O) groups excluding carboxylic acids is 1. The summed E-state index contributed by atoms with van der Waals surface area (Å²) in [6.45, 7) is 2.08. The van der Waals surface area contributed by atoms with Crippen LogP contribution in [0.4, 0.5) is 4.79 Å². The minimum absolute atomic E-state index is 0.0469. The Balaban J connectivity index is 0.000000156. The minimum Gasteiger partial charge on any atom is -0.445 e. The molecule has 2 atom stereocenters. The van der Waals surface area contributed by atoms with Crippen LogP contribution in [0.15, 0.2) is 116 Å². The van der Waals surface area contributed by atoms with Crippen LogP contribution < -0.4 is 5.32 Å². The summed E-state index contributed by atoms with van der Waals surface area (Å²) >= 11 is 3.38. The van der Waals surface area contributed by atoms with Crippen molar-refractivity contribution < 1.29 is 9.53 Å². The van der Waals surface area contributed by atoms with Gasteiger partial charge in [0.1, 0.15) is 16.6 Å². The molecule has 250 valence electrons. The van der Waals surface area contributed by atoms with Gasteiger partial charge in [0.15, 0.2) is 0 Å². The van der Waals surface area contributed by atoms with Crippen molar-refractivity contribution >= 4 is 49.2 Å². The van der Waals surface area contributed by atoms with Crippen molar-refractivity contribution in [3.05, 3.63) is 131 Å². The molecule has 6 heterocycles. The summed E-state index contributed by atoms with van der Waals surface area (Å²) in [5, 5.41) is 5.67. The number of ether oxygens (including phenoxy) is 1. The number of thiazole rings is 2. The number of fused-ring (bicyclic) bond motifs is 2. The number of hydrogen-bond donors (Lipinski definition) is 1. The third-order valence-electron chi connectivity index (χ3n) is 9.15. The molecule has 0 aliphatic carbocycles. The SMILES string of the molecule is O=C(OCc1ccccc1)N1CCC[C@H]1c1nc2c(-c3ccccc3)cncc2s1.c1ccc(-c2cncc3sc([C@@H]4CCCN4)nc23)cc1. The molecule has 3 aromatic carbocycles. The predicted molar refractivity (Wildman–Crippen MR) is 201 cm³/mol. The van der Waals surface area contributed by atoms with Crippen molar-refractivity contribution in [3.8, 4) is 22.3 Å². The van der Waals surface area contributed by atoms with Crippen LogP contribution in [0.5, 0.6) is 0 Å². The van der Waals surface area contributed by atoms with E-state index in [4.69, 9.17) is 14.7 Å². The van der Waals surface area contributed by atoms with E-state index in [9.17, 15) is 4.79 Å². The lowest BCUT2D eigenvalue weighted by Crippen LogP contribution is -2.31. The van der Waals surface area contributed by atoms with E-state index in [1.54, 1.807) is 22.7 Å². The van der Waals surface area contributed by atoms with Crippen LogP contribution in [-0.4, -0.2) is 44.0 Å². The number of hydrogen-bond acceptors (Lipinski definition) is 9. The Kier molecular flexibility index (Phi) is 9.55. The Bertz CT molecular complexity index is 2200. The second kappa shape index (κ2) is 14.8. The van der Waals surface area contributed by atoms with E-state index in [-0.39, 0.29) is 18.7 Å². The molecule has 0 spiro atoms. The predicted octanol–water partition coefficient (Wildman–Crippen LogP) is 9.61. The van der Waals surface area contributed by atoms with Crippen LogP contribution in [0.25, 0.3) is 42.7 Å². The van der Waals surface area contributed by atoms with Crippen LogP contribution in [0.3, 0.4) is 0 Å². The van der Waals surface area contributed by atoms with E-state index in [2.05, 4.69) is 51.7 Å². The van der Waals surface area contributed by atoms with Gasteiger partial charge >= 0.3 is 6.09 Å². The standard InChI is InChI=1S/C24H21N3O2S.C16H15N3S/c28-24(29-16-17-8-3-1-4-9-17)27-13-7-12-20(27)23-26-22-19(14-25-15-21(22)30-23)18-10-5-2-6-11-18;1-2-5-11(6-3-1)12-9-17-10-14-15(12)19-16(20-14)13-7-4-8-18-13/h1-6,8-11,14-15,20H,7,12-13,16H2;1-3,5-6,9-10,13,18H,4,7-8H2/t20-;13-/m00/s1. The van der Waals surface area contributed by atoms with E-state index in [1.807, 2.05) is 84.3 Å². The molecule has 1 N–H and O–H groups in total. The van der Waals surface area contributed by atoms with Gasteiger partial charge in [-0.25, -0.2) is 14.8 Å². The summed E-state index contributed by atoms with van der Waals surface area (Å²) < 4.78 is 7.80. The number of amides is 1. The molecule has 4 aromatic heterocycles. The molecule has 10 heteroatoms. The first-order valence-electron chi connectivity index (χ1n) is 17.0. The smallest absolute Gasteiger partial charge is 0.410 e. The van der Waals surface area contributed by atoms with Gasteiger partial charge in [-0.1, -0.05) is 91.0 Å². The second-order valence-electron chi connectivity index (χ2n) is 12.4. The second-order valence-corrected chi connectivity index (χ2v) is 14.6. The number of nitrogens with one attached hydrogen (secondary N) is 1. The lowest BCUT2D eigenvalue weighted by Gasteiger charge is -2.22. The molecule has 9 rings (SSSR count). The van der Waals surface area contributed by atoms with Gasteiger partial charge in [-0.15, -0.1) is 22.7 Å². The van der Waals surface area contributed by atoms with E-state index >= 15 is 0 Å². The summed E-state index contributed by atoms with van der Waals surface area (Å²) in [5.41, 5.74) is 7.44. The monoisotopic (exact) mass is 696 g/mol. The zero-order chi connectivity index (χ0) is 33.7. The molecule has 1 amide bonds. The topological polar surface area (TPSA) is 93.1 Å². The molecular formula is C40H36N6O2S2. The van der Waals surface area contributed by atoms with Crippen molar-refractivity contribution in [3.63, 3.8) is 0 Å². The zero-order valence-corrected chi connectivity index (χ0v) is 29.1. The molecule has 7 aromatic rings. The highest BCUT2D eigenvalue weighted by molar-refractivity contribution is 7.19. The number of aromatic nitrogens is 4. The molecule has 2 aliphatic heterocycles. The molecule has 0 saturated carbocycles. The van der Waals surface area contributed by atoms with Crippen LogP contribution in [-0.2, 0) is 11.3 Å². The number of rotatable bonds is 6. The van der Waals surface area contributed by atoms with Gasteiger partial charge in [0.2, 0.25) is 0 Å². The number of likely N-dealkylation sites (tertiary alicyclic amines) is 1. The van der Waals surface area contributed by atoms with E-state index in [0.717, 1.165) is 62.4 Å². The van der Waals surface area contributed by atoms with E-state index < -0.39 is 0 Å². The summed E-state index contributed by atoms with van der Waals surface area (Å²) in [5.74, 6) is 0.